The lowest BCUT2D eigenvalue weighted by Gasteiger charge is -2.19. The summed E-state index contributed by atoms with van der Waals surface area (Å²) >= 11 is 0. The van der Waals surface area contributed by atoms with Crippen LogP contribution in [0.1, 0.15) is 11.1 Å². The molecule has 0 atom stereocenters. The molecule has 0 aliphatic rings. The van der Waals surface area contributed by atoms with Crippen molar-refractivity contribution in [3.63, 3.8) is 0 Å². The number of methoxy groups -OCH3 is 1. The number of nitrogens with one attached hydrogen (secondary N) is 1. The predicted octanol–water partition coefficient (Wildman–Crippen LogP) is 1.82. The lowest BCUT2D eigenvalue weighted by atomic mass is 10.2. The fourth-order valence-corrected chi connectivity index (χ4v) is 4.92. The number of anilines is 1. The number of benzene rings is 2. The molecule has 0 bridgehead atoms. The molecule has 0 spiro atoms. The SMILES string of the molecule is COc1ccc(S(=O)(=O)N(C)CC(=O)Nc2cc(S(=O)(=O)N(C)C)ccc2C)cc1C. The van der Waals surface area contributed by atoms with Crippen LogP contribution >= 0.6 is 0 Å². The summed E-state index contributed by atoms with van der Waals surface area (Å²) in [5.41, 5.74) is 1.58. The Hall–Kier alpha value is -2.47. The van der Waals surface area contributed by atoms with E-state index in [1.54, 1.807) is 26.0 Å². The highest BCUT2D eigenvalue weighted by atomic mass is 32.2. The Balaban J connectivity index is 2.21. The summed E-state index contributed by atoms with van der Waals surface area (Å²) in [6.45, 7) is 2.99. The molecule has 2 rings (SSSR count). The van der Waals surface area contributed by atoms with Crippen LogP contribution in [-0.4, -0.2) is 66.2 Å². The molecular weight excluding hydrogens is 442 g/mol. The molecule has 1 amide bonds. The minimum atomic E-state index is -3.91. The van der Waals surface area contributed by atoms with Crippen LogP contribution in [0.3, 0.4) is 0 Å². The summed E-state index contributed by atoms with van der Waals surface area (Å²) in [4.78, 5) is 12.6. The van der Waals surface area contributed by atoms with E-state index in [0.29, 0.717) is 22.6 Å². The molecule has 0 saturated heterocycles. The number of aryl methyl sites for hydroxylation is 2. The number of nitrogens with zero attached hydrogens (tertiary/aromatic N) is 2. The van der Waals surface area contributed by atoms with Crippen molar-refractivity contribution in [2.75, 3.05) is 40.1 Å². The number of likely N-dealkylation sites (N-methyl/N-ethyl adjacent to an activating group) is 1. The number of carbonyl (C=O) groups is 1. The van der Waals surface area contributed by atoms with Gasteiger partial charge in [0, 0.05) is 26.8 Å². The number of hydrogen-bond donors (Lipinski definition) is 1. The molecule has 0 aliphatic carbocycles. The largest absolute Gasteiger partial charge is 0.496 e. The average Bonchev–Trinajstić information content (AvgIpc) is 2.69. The van der Waals surface area contributed by atoms with Gasteiger partial charge in [-0.1, -0.05) is 6.07 Å². The van der Waals surface area contributed by atoms with E-state index in [1.807, 2.05) is 0 Å². The van der Waals surface area contributed by atoms with Crippen molar-refractivity contribution in [2.24, 2.45) is 0 Å². The van der Waals surface area contributed by atoms with E-state index in [9.17, 15) is 21.6 Å². The molecular formula is C20H27N3O6S2. The number of carbonyl (C=O) groups excluding carboxylic acids is 1. The molecule has 0 saturated carbocycles. The first-order chi connectivity index (χ1) is 14.3. The van der Waals surface area contributed by atoms with Gasteiger partial charge in [-0.3, -0.25) is 4.79 Å². The first-order valence-corrected chi connectivity index (χ1v) is 12.1. The van der Waals surface area contributed by atoms with Crippen molar-refractivity contribution in [3.05, 3.63) is 47.5 Å². The highest BCUT2D eigenvalue weighted by Crippen LogP contribution is 2.24. The van der Waals surface area contributed by atoms with Crippen molar-refractivity contribution < 1.29 is 26.4 Å². The topological polar surface area (TPSA) is 113 Å². The summed E-state index contributed by atoms with van der Waals surface area (Å²) < 4.78 is 57.5. The third-order valence-corrected chi connectivity index (χ3v) is 8.31. The van der Waals surface area contributed by atoms with Crippen molar-refractivity contribution in [2.45, 2.75) is 23.6 Å². The van der Waals surface area contributed by atoms with Crippen LogP contribution in [0.15, 0.2) is 46.2 Å². The number of sulfonamides is 2. The summed E-state index contributed by atoms with van der Waals surface area (Å²) in [7, 11) is -1.98. The standard InChI is InChI=1S/C20H27N3O6S2/c1-14-7-8-17(30(25,26)22(3)4)12-18(14)21-20(24)13-23(5)31(27,28)16-9-10-19(29-6)15(2)11-16/h7-12H,13H2,1-6H3,(H,21,24). The molecule has 0 aromatic heterocycles. The molecule has 2 aromatic carbocycles. The molecule has 9 nitrogen and oxygen atoms in total. The van der Waals surface area contributed by atoms with Gasteiger partial charge in [0.15, 0.2) is 0 Å². The third kappa shape index (κ3) is 5.42. The fraction of sp³-hybridized carbons (Fsp3) is 0.350. The summed E-state index contributed by atoms with van der Waals surface area (Å²) in [6.07, 6.45) is 0. The second kappa shape index (κ2) is 9.35. The van der Waals surface area contributed by atoms with Gasteiger partial charge in [-0.05, 0) is 55.3 Å². The van der Waals surface area contributed by atoms with E-state index < -0.39 is 32.5 Å². The molecule has 0 aliphatic heterocycles. The van der Waals surface area contributed by atoms with Crippen molar-refractivity contribution >= 4 is 31.6 Å². The van der Waals surface area contributed by atoms with E-state index in [1.165, 1.54) is 52.5 Å². The first kappa shape index (κ1) is 24.8. The van der Waals surface area contributed by atoms with Crippen LogP contribution in [-0.2, 0) is 24.8 Å². The maximum absolute atomic E-state index is 12.8. The van der Waals surface area contributed by atoms with Gasteiger partial charge < -0.3 is 10.1 Å². The van der Waals surface area contributed by atoms with E-state index in [-0.39, 0.29) is 9.79 Å². The molecule has 0 fully saturated rings. The molecule has 0 heterocycles. The van der Waals surface area contributed by atoms with Crippen LogP contribution in [0.4, 0.5) is 5.69 Å². The second-order valence-corrected chi connectivity index (χ2v) is 11.4. The van der Waals surface area contributed by atoms with Crippen molar-refractivity contribution in [3.8, 4) is 5.75 Å². The Labute approximate surface area is 183 Å². The smallest absolute Gasteiger partial charge is 0.243 e. The Morgan fingerprint density at radius 3 is 2.03 bits per heavy atom. The van der Waals surface area contributed by atoms with Crippen LogP contribution in [0, 0.1) is 13.8 Å². The number of rotatable bonds is 8. The van der Waals surface area contributed by atoms with Crippen LogP contribution in [0.25, 0.3) is 0 Å². The third-order valence-electron chi connectivity index (χ3n) is 4.70. The average molecular weight is 470 g/mol. The zero-order chi connectivity index (χ0) is 23.6. The summed E-state index contributed by atoms with van der Waals surface area (Å²) in [5, 5.41) is 2.60. The first-order valence-electron chi connectivity index (χ1n) is 9.24. The van der Waals surface area contributed by atoms with E-state index >= 15 is 0 Å². The van der Waals surface area contributed by atoms with E-state index in [0.717, 1.165) is 8.61 Å². The highest BCUT2D eigenvalue weighted by Gasteiger charge is 2.24. The fourth-order valence-electron chi connectivity index (χ4n) is 2.78. The number of hydrogen-bond acceptors (Lipinski definition) is 6. The normalized spacial score (nSPS) is 12.3. The minimum Gasteiger partial charge on any atom is -0.496 e. The van der Waals surface area contributed by atoms with Gasteiger partial charge >= 0.3 is 0 Å². The lowest BCUT2D eigenvalue weighted by molar-refractivity contribution is -0.116. The van der Waals surface area contributed by atoms with Gasteiger partial charge in [-0.25, -0.2) is 21.1 Å². The maximum atomic E-state index is 12.8. The van der Waals surface area contributed by atoms with E-state index in [2.05, 4.69) is 5.32 Å². The van der Waals surface area contributed by atoms with Crippen molar-refractivity contribution in [1.82, 2.24) is 8.61 Å². The van der Waals surface area contributed by atoms with Crippen LogP contribution < -0.4 is 10.1 Å². The monoisotopic (exact) mass is 469 g/mol. The maximum Gasteiger partial charge on any atom is 0.243 e. The predicted molar refractivity (Wildman–Crippen MR) is 118 cm³/mol. The molecule has 2 aromatic rings. The molecule has 1 N–H and O–H groups in total. The van der Waals surface area contributed by atoms with Gasteiger partial charge in [0.05, 0.1) is 23.4 Å². The number of ether oxygens (including phenoxy) is 1. The molecule has 11 heteroatoms. The van der Waals surface area contributed by atoms with Gasteiger partial charge in [-0.15, -0.1) is 0 Å². The van der Waals surface area contributed by atoms with Crippen LogP contribution in [0.5, 0.6) is 5.75 Å². The lowest BCUT2D eigenvalue weighted by Crippen LogP contribution is -2.35. The number of amides is 1. The Kier molecular flexibility index (Phi) is 7.48. The quantitative estimate of drug-likeness (QED) is 0.631. The molecule has 170 valence electrons. The minimum absolute atomic E-state index is 0.0214. The Morgan fingerprint density at radius 2 is 1.48 bits per heavy atom. The Bertz CT molecular complexity index is 1190. The molecule has 0 unspecified atom stereocenters. The molecule has 31 heavy (non-hydrogen) atoms. The zero-order valence-corrected chi connectivity index (χ0v) is 20.0. The van der Waals surface area contributed by atoms with Crippen molar-refractivity contribution in [1.29, 1.82) is 0 Å². The van der Waals surface area contributed by atoms with Gasteiger partial charge in [-0.2, -0.15) is 4.31 Å². The highest BCUT2D eigenvalue weighted by molar-refractivity contribution is 7.89. The van der Waals surface area contributed by atoms with Crippen LogP contribution in [0.2, 0.25) is 0 Å². The zero-order valence-electron chi connectivity index (χ0n) is 18.3. The van der Waals surface area contributed by atoms with E-state index in [4.69, 9.17) is 4.74 Å². The second-order valence-electron chi connectivity index (χ2n) is 7.20. The summed E-state index contributed by atoms with van der Waals surface area (Å²) in [5.74, 6) is -0.0406. The summed E-state index contributed by atoms with van der Waals surface area (Å²) in [6, 6.07) is 8.81. The van der Waals surface area contributed by atoms with Gasteiger partial charge in [0.25, 0.3) is 0 Å². The van der Waals surface area contributed by atoms with Gasteiger partial charge in [0.2, 0.25) is 26.0 Å². The Morgan fingerprint density at radius 1 is 0.903 bits per heavy atom. The van der Waals surface area contributed by atoms with Gasteiger partial charge in [0.1, 0.15) is 5.75 Å². The molecule has 0 radical (unpaired) electrons.